The third-order valence-corrected chi connectivity index (χ3v) is 5.11. The van der Waals surface area contributed by atoms with Crippen LogP contribution in [0, 0.1) is 17.3 Å². The van der Waals surface area contributed by atoms with Crippen LogP contribution in [0.4, 0.5) is 0 Å². The van der Waals surface area contributed by atoms with Crippen LogP contribution in [0.1, 0.15) is 32.6 Å². The summed E-state index contributed by atoms with van der Waals surface area (Å²) in [6.45, 7) is 10.2. The van der Waals surface area contributed by atoms with Crippen LogP contribution in [0.5, 0.6) is 0 Å². The molecule has 2 saturated carbocycles. The molecule has 0 amide bonds. The van der Waals surface area contributed by atoms with E-state index >= 15 is 0 Å². The Kier molecular flexibility index (Phi) is 2.46. The van der Waals surface area contributed by atoms with E-state index in [0.29, 0.717) is 17.9 Å². The molecule has 0 spiro atoms. The van der Waals surface area contributed by atoms with Gasteiger partial charge in [0, 0.05) is 11.5 Å². The van der Waals surface area contributed by atoms with E-state index in [0.717, 1.165) is 24.8 Å². The molecular formula is C15H20O3. The molecule has 0 radical (unpaired) electrons. The van der Waals surface area contributed by atoms with Crippen molar-refractivity contribution in [2.24, 2.45) is 17.3 Å². The second kappa shape index (κ2) is 3.70. The molecule has 5 atom stereocenters. The van der Waals surface area contributed by atoms with Crippen molar-refractivity contribution in [1.82, 2.24) is 0 Å². The molecule has 1 aliphatic heterocycles. The molecule has 3 nitrogen and oxygen atoms in total. The number of hydrogen-bond donors (Lipinski definition) is 1. The topological polar surface area (TPSA) is 46.5 Å². The maximum absolute atomic E-state index is 11.6. The van der Waals surface area contributed by atoms with E-state index in [1.54, 1.807) is 0 Å². The Labute approximate surface area is 108 Å². The van der Waals surface area contributed by atoms with E-state index in [2.05, 4.69) is 20.1 Å². The lowest BCUT2D eigenvalue weighted by molar-refractivity contribution is -0.142. The van der Waals surface area contributed by atoms with Crippen LogP contribution in [0.15, 0.2) is 24.3 Å². The minimum atomic E-state index is -0.296. The van der Waals surface area contributed by atoms with Gasteiger partial charge in [0.05, 0.1) is 6.10 Å². The second-order valence-corrected chi connectivity index (χ2v) is 6.44. The molecule has 0 aromatic heterocycles. The number of carbonyl (C=O) groups excluding carboxylic acids is 1. The number of aliphatic hydroxyl groups excluding tert-OH is 1. The van der Waals surface area contributed by atoms with Gasteiger partial charge in [-0.05, 0) is 37.0 Å². The van der Waals surface area contributed by atoms with E-state index in [9.17, 15) is 9.90 Å². The molecular weight excluding hydrogens is 228 g/mol. The smallest absolute Gasteiger partial charge is 0.334 e. The highest BCUT2D eigenvalue weighted by atomic mass is 16.6. The van der Waals surface area contributed by atoms with Gasteiger partial charge in [-0.3, -0.25) is 0 Å². The highest BCUT2D eigenvalue weighted by Crippen LogP contribution is 2.56. The van der Waals surface area contributed by atoms with Crippen molar-refractivity contribution in [2.45, 2.75) is 44.8 Å². The maximum atomic E-state index is 11.6. The van der Waals surface area contributed by atoms with Gasteiger partial charge in [-0.25, -0.2) is 4.79 Å². The number of aliphatic hydroxyl groups is 1. The lowest BCUT2D eigenvalue weighted by Crippen LogP contribution is -2.46. The molecule has 18 heavy (non-hydrogen) atoms. The fraction of sp³-hybridized carbons (Fsp3) is 0.667. The highest BCUT2D eigenvalue weighted by molar-refractivity contribution is 5.90. The molecule has 1 saturated heterocycles. The van der Waals surface area contributed by atoms with Gasteiger partial charge in [-0.2, -0.15) is 0 Å². The Hall–Kier alpha value is -1.09. The van der Waals surface area contributed by atoms with Gasteiger partial charge in [0.1, 0.15) is 6.10 Å². The van der Waals surface area contributed by atoms with Gasteiger partial charge < -0.3 is 9.84 Å². The summed E-state index contributed by atoms with van der Waals surface area (Å²) in [5.74, 6) is 0.300. The van der Waals surface area contributed by atoms with Crippen molar-refractivity contribution in [3.05, 3.63) is 24.3 Å². The molecule has 98 valence electrons. The van der Waals surface area contributed by atoms with E-state index in [1.807, 2.05) is 0 Å². The molecule has 1 N–H and O–H groups in total. The molecule has 3 aliphatic rings. The summed E-state index contributed by atoms with van der Waals surface area (Å²) in [5.41, 5.74) is 1.77. The predicted molar refractivity (Wildman–Crippen MR) is 67.7 cm³/mol. The van der Waals surface area contributed by atoms with E-state index in [4.69, 9.17) is 4.74 Å². The third kappa shape index (κ3) is 1.57. The van der Waals surface area contributed by atoms with Crippen molar-refractivity contribution in [1.29, 1.82) is 0 Å². The highest BCUT2D eigenvalue weighted by Gasteiger charge is 2.53. The molecule has 3 fully saturated rings. The number of rotatable bonds is 0. The van der Waals surface area contributed by atoms with Crippen LogP contribution in [-0.2, 0) is 9.53 Å². The molecule has 0 bridgehead atoms. The molecule has 3 rings (SSSR count). The SMILES string of the molecule is C=C1C(=O)O[C@@H]2C[C@]3(C)C[C@H](O)CC(=C)[C@@H]3C[C@@H]12. The van der Waals surface area contributed by atoms with Crippen molar-refractivity contribution in [2.75, 3.05) is 0 Å². The van der Waals surface area contributed by atoms with Crippen molar-refractivity contribution in [3.63, 3.8) is 0 Å². The first kappa shape index (κ1) is 12.0. The van der Waals surface area contributed by atoms with Gasteiger partial charge in [0.15, 0.2) is 0 Å². The van der Waals surface area contributed by atoms with Crippen LogP contribution < -0.4 is 0 Å². The molecule has 0 aromatic carbocycles. The van der Waals surface area contributed by atoms with Gasteiger partial charge in [0.2, 0.25) is 0 Å². The zero-order valence-corrected chi connectivity index (χ0v) is 10.8. The summed E-state index contributed by atoms with van der Waals surface area (Å²) in [7, 11) is 0. The fourth-order valence-corrected chi connectivity index (χ4v) is 4.23. The van der Waals surface area contributed by atoms with E-state index in [-0.39, 0.29) is 29.5 Å². The third-order valence-electron chi connectivity index (χ3n) is 5.11. The largest absolute Gasteiger partial charge is 0.458 e. The minimum absolute atomic E-state index is 0.0147. The monoisotopic (exact) mass is 248 g/mol. The Morgan fingerprint density at radius 2 is 2.11 bits per heavy atom. The van der Waals surface area contributed by atoms with Crippen LogP contribution in [0.2, 0.25) is 0 Å². The minimum Gasteiger partial charge on any atom is -0.458 e. The summed E-state index contributed by atoms with van der Waals surface area (Å²) in [6.07, 6.45) is 2.86. The summed E-state index contributed by atoms with van der Waals surface area (Å²) in [5, 5.41) is 9.94. The van der Waals surface area contributed by atoms with Gasteiger partial charge in [0.25, 0.3) is 0 Å². The number of carbonyl (C=O) groups is 1. The van der Waals surface area contributed by atoms with Crippen LogP contribution >= 0.6 is 0 Å². The lowest BCUT2D eigenvalue weighted by atomic mass is 9.55. The Balaban J connectivity index is 1.91. The first-order chi connectivity index (χ1) is 8.40. The number of hydrogen-bond acceptors (Lipinski definition) is 3. The van der Waals surface area contributed by atoms with Crippen LogP contribution in [-0.4, -0.2) is 23.3 Å². The van der Waals surface area contributed by atoms with Crippen molar-refractivity contribution in [3.8, 4) is 0 Å². The Bertz CT molecular complexity index is 439. The van der Waals surface area contributed by atoms with Gasteiger partial charge in [-0.1, -0.05) is 25.7 Å². The first-order valence-corrected chi connectivity index (χ1v) is 6.66. The first-order valence-electron chi connectivity index (χ1n) is 6.66. The average Bonchev–Trinajstić information content (AvgIpc) is 2.50. The van der Waals surface area contributed by atoms with Gasteiger partial charge in [-0.15, -0.1) is 0 Å². The summed E-state index contributed by atoms with van der Waals surface area (Å²) >= 11 is 0. The Morgan fingerprint density at radius 3 is 2.83 bits per heavy atom. The second-order valence-electron chi connectivity index (χ2n) is 6.44. The predicted octanol–water partition coefficient (Wildman–Crippen LogP) is 2.21. The average molecular weight is 248 g/mol. The maximum Gasteiger partial charge on any atom is 0.334 e. The number of fused-ring (bicyclic) bond motifs is 2. The molecule has 0 unspecified atom stereocenters. The molecule has 1 heterocycles. The molecule has 2 aliphatic carbocycles. The normalized spacial score (nSPS) is 47.6. The summed E-state index contributed by atoms with van der Waals surface area (Å²) in [4.78, 5) is 11.6. The van der Waals surface area contributed by atoms with E-state index < -0.39 is 0 Å². The zero-order valence-electron chi connectivity index (χ0n) is 10.8. The van der Waals surface area contributed by atoms with Gasteiger partial charge >= 0.3 is 5.97 Å². The molecule has 0 aromatic rings. The van der Waals surface area contributed by atoms with Crippen molar-refractivity contribution < 1.29 is 14.6 Å². The summed E-state index contributed by atoms with van der Waals surface area (Å²) in [6, 6.07) is 0. The van der Waals surface area contributed by atoms with Crippen LogP contribution in [0.25, 0.3) is 0 Å². The fourth-order valence-electron chi connectivity index (χ4n) is 4.23. The number of ether oxygens (including phenoxy) is 1. The van der Waals surface area contributed by atoms with E-state index in [1.165, 1.54) is 0 Å². The molecule has 3 heteroatoms. The quantitative estimate of drug-likeness (QED) is 0.406. The number of esters is 1. The van der Waals surface area contributed by atoms with Crippen LogP contribution in [0.3, 0.4) is 0 Å². The van der Waals surface area contributed by atoms with Crippen molar-refractivity contribution >= 4 is 5.97 Å². The standard InChI is InChI=1S/C15H20O3/c1-8-4-10(16)6-15(3)7-13-11(5-12(8)15)9(2)14(17)18-13/h10-13,16H,1-2,4-7H2,3H3/t10-,11+,12+,13-,15+/m1/s1. The zero-order chi connectivity index (χ0) is 13.1. The summed E-state index contributed by atoms with van der Waals surface area (Å²) < 4.78 is 5.41. The lowest BCUT2D eigenvalue weighted by Gasteiger charge is -2.50. The Morgan fingerprint density at radius 1 is 1.39 bits per heavy atom.